The highest BCUT2D eigenvalue weighted by molar-refractivity contribution is 5.72. The van der Waals surface area contributed by atoms with Crippen LogP contribution in [0.4, 0.5) is 5.95 Å². The van der Waals surface area contributed by atoms with Crippen LogP contribution in [0.5, 0.6) is 0 Å². The van der Waals surface area contributed by atoms with Gasteiger partial charge in [-0.2, -0.15) is 4.98 Å². The molecule has 2 heterocycles. The lowest BCUT2D eigenvalue weighted by Gasteiger charge is -2.08. The molecule has 0 spiro atoms. The van der Waals surface area contributed by atoms with Gasteiger partial charge in [-0.3, -0.25) is 13.9 Å². The average molecular weight is 251 g/mol. The molecule has 0 fully saturated rings. The van der Waals surface area contributed by atoms with Gasteiger partial charge in [-0.15, -0.1) is 0 Å². The smallest absolute Gasteiger partial charge is 0.332 e. The molecule has 0 saturated heterocycles. The number of nitrogens with zero attached hydrogens (tertiary/aromatic N) is 3. The molecule has 7 nitrogen and oxygen atoms in total. The first kappa shape index (κ1) is 12.4. The van der Waals surface area contributed by atoms with Crippen molar-refractivity contribution in [2.45, 2.75) is 26.3 Å². The number of H-pyrrole nitrogens is 1. The van der Waals surface area contributed by atoms with E-state index in [1.807, 2.05) is 6.92 Å². The summed E-state index contributed by atoms with van der Waals surface area (Å²) in [6, 6.07) is 0.242. The van der Waals surface area contributed by atoms with E-state index >= 15 is 0 Å². The number of aromatic nitrogens is 4. The highest BCUT2D eigenvalue weighted by atomic mass is 16.2. The summed E-state index contributed by atoms with van der Waals surface area (Å²) in [5.41, 5.74) is -0.0359. The minimum Gasteiger partial charge on any atom is -0.353 e. The van der Waals surface area contributed by atoms with Crippen molar-refractivity contribution in [2.75, 3.05) is 5.32 Å². The second kappa shape index (κ2) is 4.32. The molecular formula is C11H17N5O2. The van der Waals surface area contributed by atoms with Gasteiger partial charge in [0.25, 0.3) is 5.56 Å². The number of nitrogens with one attached hydrogen (secondary N) is 2. The van der Waals surface area contributed by atoms with E-state index < -0.39 is 0 Å². The largest absolute Gasteiger partial charge is 0.353 e. The van der Waals surface area contributed by atoms with Gasteiger partial charge in [0.2, 0.25) is 5.95 Å². The zero-order valence-electron chi connectivity index (χ0n) is 10.9. The Hall–Kier alpha value is -2.05. The molecule has 1 atom stereocenters. The molecule has 2 N–H and O–H groups in total. The van der Waals surface area contributed by atoms with Gasteiger partial charge >= 0.3 is 5.69 Å². The number of aryl methyl sites for hydroxylation is 1. The molecule has 18 heavy (non-hydrogen) atoms. The van der Waals surface area contributed by atoms with E-state index in [9.17, 15) is 9.59 Å². The van der Waals surface area contributed by atoms with Gasteiger partial charge in [-0.25, -0.2) is 4.79 Å². The lowest BCUT2D eigenvalue weighted by Crippen LogP contribution is -2.36. The van der Waals surface area contributed by atoms with Crippen molar-refractivity contribution < 1.29 is 0 Å². The molecule has 0 aromatic carbocycles. The van der Waals surface area contributed by atoms with E-state index in [4.69, 9.17) is 0 Å². The molecule has 0 aliphatic carbocycles. The summed E-state index contributed by atoms with van der Waals surface area (Å²) < 4.78 is 2.42. The Kier molecular flexibility index (Phi) is 2.98. The van der Waals surface area contributed by atoms with Crippen molar-refractivity contribution in [1.82, 2.24) is 19.1 Å². The lowest BCUT2D eigenvalue weighted by atomic mass is 10.3. The number of fused-ring (bicyclic) bond motifs is 1. The highest BCUT2D eigenvalue weighted by Gasteiger charge is 2.13. The standard InChI is InChI=1S/C11H17N5O2/c1-5-6(2)12-10-13-7-8(14-10)15(3)11(18)16(4)9(7)17/h6H,5H2,1-4H3,(H2,12,13,14). The summed E-state index contributed by atoms with van der Waals surface area (Å²) in [4.78, 5) is 30.8. The molecule has 98 valence electrons. The van der Waals surface area contributed by atoms with Gasteiger partial charge in [0.05, 0.1) is 0 Å². The topological polar surface area (TPSA) is 84.7 Å². The summed E-state index contributed by atoms with van der Waals surface area (Å²) in [6.07, 6.45) is 0.938. The predicted octanol–water partition coefficient (Wildman–Crippen LogP) is 0.171. The second-order valence-electron chi connectivity index (χ2n) is 4.44. The third-order valence-corrected chi connectivity index (χ3v) is 3.09. The third kappa shape index (κ3) is 1.81. The molecule has 0 bridgehead atoms. The predicted molar refractivity (Wildman–Crippen MR) is 70.0 cm³/mol. The summed E-state index contributed by atoms with van der Waals surface area (Å²) in [6.45, 7) is 4.07. The molecule has 0 saturated carbocycles. The maximum atomic E-state index is 11.9. The maximum Gasteiger partial charge on any atom is 0.332 e. The van der Waals surface area contributed by atoms with Crippen LogP contribution in [0.1, 0.15) is 20.3 Å². The van der Waals surface area contributed by atoms with Crippen LogP contribution in [0.3, 0.4) is 0 Å². The number of hydrogen-bond donors (Lipinski definition) is 2. The van der Waals surface area contributed by atoms with Crippen LogP contribution < -0.4 is 16.6 Å². The Morgan fingerprint density at radius 3 is 2.61 bits per heavy atom. The summed E-state index contributed by atoms with van der Waals surface area (Å²) in [5.74, 6) is 0.512. The SMILES string of the molecule is CCC(C)Nc1nc2c([nH]1)c(=O)n(C)c(=O)n2C. The minimum atomic E-state index is -0.380. The van der Waals surface area contributed by atoms with Crippen molar-refractivity contribution in [2.24, 2.45) is 14.1 Å². The maximum absolute atomic E-state index is 11.9. The molecule has 0 radical (unpaired) electrons. The van der Waals surface area contributed by atoms with Crippen LogP contribution in [-0.2, 0) is 14.1 Å². The van der Waals surface area contributed by atoms with Crippen LogP contribution in [0.25, 0.3) is 11.2 Å². The molecule has 7 heteroatoms. The van der Waals surface area contributed by atoms with Gasteiger partial charge in [0, 0.05) is 20.1 Å². The van der Waals surface area contributed by atoms with Crippen LogP contribution in [0.15, 0.2) is 9.59 Å². The Bertz CT molecular complexity index is 694. The number of hydrogen-bond acceptors (Lipinski definition) is 4. The van der Waals surface area contributed by atoms with E-state index in [0.29, 0.717) is 17.1 Å². The van der Waals surface area contributed by atoms with Crippen molar-refractivity contribution >= 4 is 17.1 Å². The highest BCUT2D eigenvalue weighted by Crippen LogP contribution is 2.09. The van der Waals surface area contributed by atoms with Crippen LogP contribution in [0, 0.1) is 0 Å². The van der Waals surface area contributed by atoms with Crippen LogP contribution >= 0.6 is 0 Å². The van der Waals surface area contributed by atoms with Crippen molar-refractivity contribution in [3.05, 3.63) is 20.8 Å². The third-order valence-electron chi connectivity index (χ3n) is 3.09. The number of aromatic amines is 1. The zero-order chi connectivity index (χ0) is 13.4. The van der Waals surface area contributed by atoms with Crippen molar-refractivity contribution in [3.8, 4) is 0 Å². The first-order valence-electron chi connectivity index (χ1n) is 5.88. The zero-order valence-corrected chi connectivity index (χ0v) is 10.9. The van der Waals surface area contributed by atoms with Crippen molar-refractivity contribution in [3.63, 3.8) is 0 Å². The first-order chi connectivity index (χ1) is 8.45. The lowest BCUT2D eigenvalue weighted by molar-refractivity contribution is 0.708. The molecule has 2 rings (SSSR count). The molecule has 0 amide bonds. The first-order valence-corrected chi connectivity index (χ1v) is 5.88. The second-order valence-corrected chi connectivity index (χ2v) is 4.44. The van der Waals surface area contributed by atoms with Crippen molar-refractivity contribution in [1.29, 1.82) is 0 Å². The average Bonchev–Trinajstić information content (AvgIpc) is 2.77. The van der Waals surface area contributed by atoms with Gasteiger partial charge in [0.1, 0.15) is 0 Å². The molecular weight excluding hydrogens is 234 g/mol. The molecule has 1 unspecified atom stereocenters. The number of imidazole rings is 1. The molecule has 2 aromatic heterocycles. The van der Waals surface area contributed by atoms with E-state index in [0.717, 1.165) is 11.0 Å². The fraction of sp³-hybridized carbons (Fsp3) is 0.545. The molecule has 0 aliphatic rings. The fourth-order valence-corrected chi connectivity index (χ4v) is 1.73. The van der Waals surface area contributed by atoms with Gasteiger partial charge in [-0.1, -0.05) is 6.92 Å². The minimum absolute atomic E-state index is 0.242. The van der Waals surface area contributed by atoms with Crippen LogP contribution in [-0.4, -0.2) is 25.1 Å². The molecule has 0 aliphatic heterocycles. The monoisotopic (exact) mass is 251 g/mol. The quantitative estimate of drug-likeness (QED) is 0.814. The Labute approximate surface area is 103 Å². The van der Waals surface area contributed by atoms with E-state index in [-0.39, 0.29) is 17.3 Å². The Morgan fingerprint density at radius 2 is 2.00 bits per heavy atom. The van der Waals surface area contributed by atoms with E-state index in [2.05, 4.69) is 22.2 Å². The summed E-state index contributed by atoms with van der Waals surface area (Å²) in [5, 5.41) is 3.14. The van der Waals surface area contributed by atoms with E-state index in [1.165, 1.54) is 11.6 Å². The number of anilines is 1. The summed E-state index contributed by atoms with van der Waals surface area (Å²) in [7, 11) is 3.05. The molecule has 2 aromatic rings. The van der Waals surface area contributed by atoms with Gasteiger partial charge in [-0.05, 0) is 13.3 Å². The Morgan fingerprint density at radius 1 is 1.33 bits per heavy atom. The Balaban J connectivity index is 2.65. The summed E-state index contributed by atoms with van der Waals surface area (Å²) >= 11 is 0. The normalized spacial score (nSPS) is 12.9. The van der Waals surface area contributed by atoms with Gasteiger partial charge in [0.15, 0.2) is 11.2 Å². The van der Waals surface area contributed by atoms with E-state index in [1.54, 1.807) is 7.05 Å². The van der Waals surface area contributed by atoms with Crippen LogP contribution in [0.2, 0.25) is 0 Å². The van der Waals surface area contributed by atoms with Gasteiger partial charge < -0.3 is 10.3 Å². The number of rotatable bonds is 3. The fourth-order valence-electron chi connectivity index (χ4n) is 1.73.